The van der Waals surface area contributed by atoms with Gasteiger partial charge < -0.3 is 15.2 Å². The normalized spacial score (nSPS) is 9.73. The number of benzene rings is 1. The second kappa shape index (κ2) is 5.16. The van der Waals surface area contributed by atoms with Gasteiger partial charge in [-0.1, -0.05) is 0 Å². The van der Waals surface area contributed by atoms with E-state index in [0.717, 1.165) is 0 Å². The molecular weight excluding hydrogens is 200 g/mol. The summed E-state index contributed by atoms with van der Waals surface area (Å²) in [5, 5.41) is 10.6. The first kappa shape index (κ1) is 11.3. The largest absolute Gasteiger partial charge is 0.492 e. The lowest BCUT2D eigenvalue weighted by Gasteiger charge is -2.06. The monoisotopic (exact) mass is 212 g/mol. The van der Waals surface area contributed by atoms with E-state index >= 15 is 0 Å². The number of hydrogen-bond acceptors (Lipinski definition) is 5. The van der Waals surface area contributed by atoms with Crippen LogP contribution < -0.4 is 15.2 Å². The molecule has 82 valence electrons. The molecule has 0 fully saturated rings. The Morgan fingerprint density at radius 1 is 1.53 bits per heavy atom. The molecule has 0 amide bonds. The zero-order valence-corrected chi connectivity index (χ0v) is 8.30. The Morgan fingerprint density at radius 3 is 2.80 bits per heavy atom. The Bertz CT molecular complexity index is 354. The molecule has 0 aliphatic rings. The summed E-state index contributed by atoms with van der Waals surface area (Å²) in [7, 11) is 1.37. The van der Waals surface area contributed by atoms with Gasteiger partial charge in [-0.15, -0.1) is 0 Å². The van der Waals surface area contributed by atoms with E-state index in [2.05, 4.69) is 0 Å². The van der Waals surface area contributed by atoms with Crippen LogP contribution in [0.2, 0.25) is 0 Å². The molecule has 0 atom stereocenters. The fourth-order valence-electron chi connectivity index (χ4n) is 1.08. The maximum absolute atomic E-state index is 10.6. The second-order valence-corrected chi connectivity index (χ2v) is 2.73. The first-order chi connectivity index (χ1) is 7.19. The van der Waals surface area contributed by atoms with Crippen LogP contribution in [0.4, 0.5) is 5.69 Å². The Hall–Kier alpha value is -1.82. The van der Waals surface area contributed by atoms with Crippen LogP contribution in [-0.4, -0.2) is 25.2 Å². The molecule has 1 aromatic carbocycles. The quantitative estimate of drug-likeness (QED) is 0.579. The van der Waals surface area contributed by atoms with E-state index in [0.29, 0.717) is 18.9 Å². The third-order valence-electron chi connectivity index (χ3n) is 1.73. The van der Waals surface area contributed by atoms with E-state index in [1.54, 1.807) is 0 Å². The van der Waals surface area contributed by atoms with Gasteiger partial charge in [-0.25, -0.2) is 0 Å². The van der Waals surface area contributed by atoms with Gasteiger partial charge in [0.2, 0.25) is 5.75 Å². The van der Waals surface area contributed by atoms with Gasteiger partial charge in [0.15, 0.2) is 0 Å². The van der Waals surface area contributed by atoms with E-state index in [9.17, 15) is 10.1 Å². The van der Waals surface area contributed by atoms with Gasteiger partial charge in [0.1, 0.15) is 12.4 Å². The Labute approximate surface area is 86.7 Å². The van der Waals surface area contributed by atoms with Crippen LogP contribution in [-0.2, 0) is 0 Å². The third kappa shape index (κ3) is 2.81. The van der Waals surface area contributed by atoms with Gasteiger partial charge >= 0.3 is 5.69 Å². The molecule has 0 unspecified atom stereocenters. The number of nitro groups is 1. The van der Waals surface area contributed by atoms with Crippen molar-refractivity contribution in [2.45, 2.75) is 0 Å². The number of nitro benzene ring substituents is 1. The Kier molecular flexibility index (Phi) is 3.87. The lowest BCUT2D eigenvalue weighted by atomic mass is 10.3. The van der Waals surface area contributed by atoms with Crippen molar-refractivity contribution in [1.29, 1.82) is 0 Å². The number of hydrogen-bond donors (Lipinski definition) is 1. The van der Waals surface area contributed by atoms with Crippen LogP contribution in [0, 0.1) is 10.1 Å². The van der Waals surface area contributed by atoms with Gasteiger partial charge in [0, 0.05) is 18.7 Å². The molecule has 6 nitrogen and oxygen atoms in total. The zero-order valence-electron chi connectivity index (χ0n) is 8.30. The van der Waals surface area contributed by atoms with Crippen molar-refractivity contribution in [3.8, 4) is 11.5 Å². The van der Waals surface area contributed by atoms with Crippen molar-refractivity contribution in [3.05, 3.63) is 28.3 Å². The predicted octanol–water partition coefficient (Wildman–Crippen LogP) is 0.941. The maximum atomic E-state index is 10.6. The van der Waals surface area contributed by atoms with Crippen molar-refractivity contribution in [2.24, 2.45) is 5.73 Å². The SMILES string of the molecule is COc1cc(OCCN)ccc1[N+](=O)[O-]. The Morgan fingerprint density at radius 2 is 2.27 bits per heavy atom. The number of nitrogens with zero attached hydrogens (tertiary/aromatic N) is 1. The molecule has 0 radical (unpaired) electrons. The third-order valence-corrected chi connectivity index (χ3v) is 1.73. The summed E-state index contributed by atoms with van der Waals surface area (Å²) in [6.45, 7) is 0.750. The zero-order chi connectivity index (χ0) is 11.3. The van der Waals surface area contributed by atoms with E-state index < -0.39 is 4.92 Å². The van der Waals surface area contributed by atoms with Crippen LogP contribution in [0.3, 0.4) is 0 Å². The summed E-state index contributed by atoms with van der Waals surface area (Å²) in [4.78, 5) is 10.1. The van der Waals surface area contributed by atoms with Gasteiger partial charge in [0.05, 0.1) is 12.0 Å². The maximum Gasteiger partial charge on any atom is 0.311 e. The molecule has 15 heavy (non-hydrogen) atoms. The average Bonchev–Trinajstić information content (AvgIpc) is 2.25. The molecule has 0 aromatic heterocycles. The van der Waals surface area contributed by atoms with Crippen LogP contribution >= 0.6 is 0 Å². The second-order valence-electron chi connectivity index (χ2n) is 2.73. The highest BCUT2D eigenvalue weighted by Gasteiger charge is 2.14. The minimum atomic E-state index is -0.508. The van der Waals surface area contributed by atoms with Crippen molar-refractivity contribution in [1.82, 2.24) is 0 Å². The molecule has 0 saturated heterocycles. The molecule has 0 spiro atoms. The van der Waals surface area contributed by atoms with Gasteiger partial charge in [-0.2, -0.15) is 0 Å². The number of nitrogens with two attached hydrogens (primary N) is 1. The topological polar surface area (TPSA) is 87.6 Å². The summed E-state index contributed by atoms with van der Waals surface area (Å²) in [6.07, 6.45) is 0. The highest BCUT2D eigenvalue weighted by atomic mass is 16.6. The Balaban J connectivity index is 2.92. The molecule has 0 aliphatic heterocycles. The summed E-state index contributed by atoms with van der Waals surface area (Å²) >= 11 is 0. The van der Waals surface area contributed by atoms with E-state index in [-0.39, 0.29) is 11.4 Å². The fourth-order valence-corrected chi connectivity index (χ4v) is 1.08. The minimum absolute atomic E-state index is 0.0856. The number of methoxy groups -OCH3 is 1. The number of ether oxygens (including phenoxy) is 2. The molecular formula is C9H12N2O4. The molecule has 0 saturated carbocycles. The molecule has 0 heterocycles. The summed E-state index contributed by atoms with van der Waals surface area (Å²) in [5.41, 5.74) is 5.18. The van der Waals surface area contributed by atoms with E-state index in [1.807, 2.05) is 0 Å². The predicted molar refractivity (Wildman–Crippen MR) is 54.2 cm³/mol. The van der Waals surface area contributed by atoms with Crippen molar-refractivity contribution in [3.63, 3.8) is 0 Å². The molecule has 1 rings (SSSR count). The van der Waals surface area contributed by atoms with Crippen LogP contribution in [0.1, 0.15) is 0 Å². The standard InChI is InChI=1S/C9H12N2O4/c1-14-9-6-7(15-5-4-10)2-3-8(9)11(12)13/h2-3,6H,4-5,10H2,1H3. The van der Waals surface area contributed by atoms with Gasteiger partial charge in [0.25, 0.3) is 0 Å². The lowest BCUT2D eigenvalue weighted by molar-refractivity contribution is -0.385. The summed E-state index contributed by atoms with van der Waals surface area (Å²) in [6, 6.07) is 4.31. The average molecular weight is 212 g/mol. The van der Waals surface area contributed by atoms with Crippen molar-refractivity contribution < 1.29 is 14.4 Å². The number of rotatable bonds is 5. The van der Waals surface area contributed by atoms with Crippen LogP contribution in [0.5, 0.6) is 11.5 Å². The van der Waals surface area contributed by atoms with Crippen molar-refractivity contribution >= 4 is 5.69 Å². The molecule has 2 N–H and O–H groups in total. The van der Waals surface area contributed by atoms with Gasteiger partial charge in [-0.05, 0) is 6.07 Å². The highest BCUT2D eigenvalue weighted by molar-refractivity contribution is 5.50. The molecule has 0 aliphatic carbocycles. The van der Waals surface area contributed by atoms with Gasteiger partial charge in [-0.3, -0.25) is 10.1 Å². The lowest BCUT2D eigenvalue weighted by Crippen LogP contribution is -2.10. The molecule has 0 bridgehead atoms. The summed E-state index contributed by atoms with van der Waals surface area (Å²) < 4.78 is 10.1. The summed E-state index contributed by atoms with van der Waals surface area (Å²) in [5.74, 6) is 0.678. The first-order valence-corrected chi connectivity index (χ1v) is 4.34. The molecule has 1 aromatic rings. The van der Waals surface area contributed by atoms with E-state index in [4.69, 9.17) is 15.2 Å². The van der Waals surface area contributed by atoms with Crippen molar-refractivity contribution in [2.75, 3.05) is 20.3 Å². The molecule has 6 heteroatoms. The fraction of sp³-hybridized carbons (Fsp3) is 0.333. The van der Waals surface area contributed by atoms with Crippen LogP contribution in [0.15, 0.2) is 18.2 Å². The van der Waals surface area contributed by atoms with E-state index in [1.165, 1.54) is 25.3 Å². The smallest absolute Gasteiger partial charge is 0.311 e. The minimum Gasteiger partial charge on any atom is -0.492 e. The van der Waals surface area contributed by atoms with Crippen LogP contribution in [0.25, 0.3) is 0 Å². The first-order valence-electron chi connectivity index (χ1n) is 4.34. The highest BCUT2D eigenvalue weighted by Crippen LogP contribution is 2.30.